The van der Waals surface area contributed by atoms with Crippen LogP contribution in [0.15, 0.2) is 140 Å². The summed E-state index contributed by atoms with van der Waals surface area (Å²) < 4.78 is 0. The van der Waals surface area contributed by atoms with Gasteiger partial charge in [-0.25, -0.2) is 0 Å². The molecule has 3 nitrogen and oxygen atoms in total. The van der Waals surface area contributed by atoms with E-state index in [9.17, 15) is 0 Å². The number of rotatable bonds is 11. The lowest BCUT2D eigenvalue weighted by molar-refractivity contribution is 0.559. The van der Waals surface area contributed by atoms with Crippen LogP contribution in [-0.4, -0.2) is 0 Å². The molecule has 0 aromatic heterocycles. The summed E-state index contributed by atoms with van der Waals surface area (Å²) in [4.78, 5) is 0. The molecule has 0 aliphatic heterocycles. The molecule has 6 aromatic carbocycles. The molecule has 0 radical (unpaired) electrons. The van der Waals surface area contributed by atoms with Crippen LogP contribution < -0.4 is 16.0 Å². The fourth-order valence-electron chi connectivity index (χ4n) is 6.83. The zero-order valence-corrected chi connectivity index (χ0v) is 31.4. The Morgan fingerprint density at radius 2 is 0.725 bits per heavy atom. The predicted molar refractivity (Wildman–Crippen MR) is 220 cm³/mol. The van der Waals surface area contributed by atoms with Gasteiger partial charge in [-0.15, -0.1) is 0 Å². The molecule has 51 heavy (non-hydrogen) atoms. The first-order valence-corrected chi connectivity index (χ1v) is 18.2. The first-order chi connectivity index (χ1) is 24.4. The number of anilines is 5. The van der Waals surface area contributed by atoms with Gasteiger partial charge in [0.2, 0.25) is 0 Å². The van der Waals surface area contributed by atoms with E-state index in [1.807, 2.05) is 0 Å². The Kier molecular flexibility index (Phi) is 10.7. The third-order valence-corrected chi connectivity index (χ3v) is 9.56. The van der Waals surface area contributed by atoms with E-state index in [1.54, 1.807) is 0 Å². The molecule has 3 heteroatoms. The summed E-state index contributed by atoms with van der Waals surface area (Å²) in [6.07, 6.45) is 1.84. The van der Waals surface area contributed by atoms with Crippen LogP contribution in [0.25, 0.3) is 0 Å². The highest BCUT2D eigenvalue weighted by Gasteiger charge is 2.24. The van der Waals surface area contributed by atoms with Gasteiger partial charge in [-0.2, -0.15) is 0 Å². The lowest BCUT2D eigenvalue weighted by atomic mass is 9.76. The molecule has 0 spiro atoms. The van der Waals surface area contributed by atoms with E-state index in [1.165, 1.54) is 44.5 Å². The van der Waals surface area contributed by atoms with Crippen molar-refractivity contribution in [1.29, 1.82) is 0 Å². The zero-order valence-electron chi connectivity index (χ0n) is 31.4. The Morgan fingerprint density at radius 3 is 1.10 bits per heavy atom. The molecule has 0 unspecified atom stereocenters. The second kappa shape index (κ2) is 15.3. The summed E-state index contributed by atoms with van der Waals surface area (Å²) in [7, 11) is 0. The van der Waals surface area contributed by atoms with Crippen molar-refractivity contribution in [1.82, 2.24) is 0 Å². The van der Waals surface area contributed by atoms with Crippen molar-refractivity contribution in [3.05, 3.63) is 184 Å². The second-order valence-corrected chi connectivity index (χ2v) is 15.9. The zero-order chi connectivity index (χ0) is 36.0. The molecular weight excluding hydrogens is 619 g/mol. The van der Waals surface area contributed by atoms with E-state index >= 15 is 0 Å². The highest BCUT2D eigenvalue weighted by atomic mass is 14.9. The fraction of sp³-hybridized carbons (Fsp3) is 0.250. The highest BCUT2D eigenvalue weighted by Crippen LogP contribution is 2.35. The Morgan fingerprint density at radius 1 is 0.392 bits per heavy atom. The molecule has 0 bridgehead atoms. The number of hydrogen-bond donors (Lipinski definition) is 3. The van der Waals surface area contributed by atoms with Crippen molar-refractivity contribution < 1.29 is 0 Å². The van der Waals surface area contributed by atoms with Crippen LogP contribution >= 0.6 is 0 Å². The van der Waals surface area contributed by atoms with E-state index in [0.717, 1.165) is 47.8 Å². The maximum atomic E-state index is 3.65. The van der Waals surface area contributed by atoms with E-state index in [4.69, 9.17) is 0 Å². The monoisotopic (exact) mass is 671 g/mol. The van der Waals surface area contributed by atoms with Crippen LogP contribution in [0.4, 0.5) is 28.4 Å². The molecule has 6 aromatic rings. The largest absolute Gasteiger partial charge is 0.381 e. The van der Waals surface area contributed by atoms with Crippen LogP contribution in [-0.2, 0) is 30.2 Å². The molecule has 0 heterocycles. The minimum absolute atomic E-state index is 0.104. The molecule has 0 aliphatic carbocycles. The van der Waals surface area contributed by atoms with Gasteiger partial charge in [-0.05, 0) is 136 Å². The third kappa shape index (κ3) is 9.70. The Bertz CT molecular complexity index is 1980. The van der Waals surface area contributed by atoms with Gasteiger partial charge in [0.15, 0.2) is 0 Å². The summed E-state index contributed by atoms with van der Waals surface area (Å²) in [5.41, 5.74) is 16.5. The first-order valence-electron chi connectivity index (χ1n) is 18.2. The Hall–Kier alpha value is -5.28. The number of nitrogens with one attached hydrogen (secondary N) is 3. The van der Waals surface area contributed by atoms with Gasteiger partial charge >= 0.3 is 0 Å². The van der Waals surface area contributed by atoms with E-state index < -0.39 is 0 Å². The summed E-state index contributed by atoms with van der Waals surface area (Å²) in [5, 5.41) is 10.8. The van der Waals surface area contributed by atoms with Crippen LogP contribution in [0.5, 0.6) is 0 Å². The fourth-order valence-corrected chi connectivity index (χ4v) is 6.83. The van der Waals surface area contributed by atoms with Gasteiger partial charge in [0.25, 0.3) is 0 Å². The molecule has 0 aliphatic rings. The topological polar surface area (TPSA) is 36.1 Å². The van der Waals surface area contributed by atoms with E-state index in [2.05, 4.69) is 204 Å². The Balaban J connectivity index is 0.995. The first kappa shape index (κ1) is 35.5. The van der Waals surface area contributed by atoms with E-state index in [-0.39, 0.29) is 10.8 Å². The summed E-state index contributed by atoms with van der Waals surface area (Å²) in [5.74, 6) is 0. The number of hydrogen-bond acceptors (Lipinski definition) is 3. The lowest BCUT2D eigenvalue weighted by Crippen LogP contribution is -2.20. The average molecular weight is 672 g/mol. The molecule has 0 amide bonds. The molecule has 6 rings (SSSR count). The van der Waals surface area contributed by atoms with Gasteiger partial charge in [-0.1, -0.05) is 120 Å². The molecule has 0 saturated heterocycles. The van der Waals surface area contributed by atoms with Gasteiger partial charge in [0, 0.05) is 35.0 Å². The SMILES string of the molecule is Cc1c(C(C)(C)C)cc(CNc2ccc(Nc3ccc(Cc4ccc(Nc5ccc(Cc6ccccc6)cc5)cc4)cc3)cc2)cc1C(C)(C)C. The van der Waals surface area contributed by atoms with Crippen LogP contribution in [0.1, 0.15) is 86.1 Å². The van der Waals surface area contributed by atoms with Crippen molar-refractivity contribution in [2.45, 2.75) is 78.7 Å². The van der Waals surface area contributed by atoms with Crippen LogP contribution in [0, 0.1) is 6.92 Å². The summed E-state index contributed by atoms with van der Waals surface area (Å²) >= 11 is 0. The minimum Gasteiger partial charge on any atom is -0.381 e. The van der Waals surface area contributed by atoms with Crippen molar-refractivity contribution >= 4 is 28.4 Å². The maximum Gasteiger partial charge on any atom is 0.0400 e. The molecule has 0 atom stereocenters. The van der Waals surface area contributed by atoms with Crippen molar-refractivity contribution in [3.63, 3.8) is 0 Å². The summed E-state index contributed by atoms with van der Waals surface area (Å²) in [6, 6.07) is 50.2. The second-order valence-electron chi connectivity index (χ2n) is 15.9. The molecule has 0 fully saturated rings. The molecular formula is C48H53N3. The molecule has 0 saturated carbocycles. The van der Waals surface area contributed by atoms with Gasteiger partial charge in [-0.3, -0.25) is 0 Å². The molecule has 260 valence electrons. The maximum absolute atomic E-state index is 3.65. The van der Waals surface area contributed by atoms with Crippen molar-refractivity contribution in [2.75, 3.05) is 16.0 Å². The van der Waals surface area contributed by atoms with Gasteiger partial charge < -0.3 is 16.0 Å². The minimum atomic E-state index is 0.104. The lowest BCUT2D eigenvalue weighted by Gasteiger charge is -2.30. The standard InChI is InChI=1S/C48H53N3/c1-34-45(47(2,3)4)31-39(32-46(34)48(5,6)7)33-49-40-25-27-44(28-26-40)51-43-23-17-38(18-24-43)30-37-15-21-42(22-16-37)50-41-19-13-36(14-20-41)29-35-11-9-8-10-12-35/h8-28,31-32,49-51H,29-30,33H2,1-7H3. The van der Waals surface area contributed by atoms with Crippen LogP contribution in [0.2, 0.25) is 0 Å². The highest BCUT2D eigenvalue weighted by molar-refractivity contribution is 5.63. The average Bonchev–Trinajstić information content (AvgIpc) is 3.10. The predicted octanol–water partition coefficient (Wildman–Crippen LogP) is 12.9. The normalized spacial score (nSPS) is 11.7. The smallest absolute Gasteiger partial charge is 0.0400 e. The third-order valence-electron chi connectivity index (χ3n) is 9.56. The summed E-state index contributed by atoms with van der Waals surface area (Å²) in [6.45, 7) is 16.9. The quantitative estimate of drug-likeness (QED) is 0.128. The number of benzene rings is 6. The Labute approximate surface area is 306 Å². The van der Waals surface area contributed by atoms with Crippen LogP contribution in [0.3, 0.4) is 0 Å². The van der Waals surface area contributed by atoms with Crippen molar-refractivity contribution in [2.24, 2.45) is 0 Å². The van der Waals surface area contributed by atoms with E-state index in [0.29, 0.717) is 0 Å². The molecule has 3 N–H and O–H groups in total. The van der Waals surface area contributed by atoms with Gasteiger partial charge in [0.1, 0.15) is 0 Å². The van der Waals surface area contributed by atoms with Gasteiger partial charge in [0.05, 0.1) is 0 Å². The van der Waals surface area contributed by atoms with Crippen molar-refractivity contribution in [3.8, 4) is 0 Å².